The lowest BCUT2D eigenvalue weighted by molar-refractivity contribution is -0.870. The number of aliphatic hydroxyl groups excluding tert-OH is 1. The SMILES string of the molecule is CC/C=C\C/C=C\C/C=C\C/C=C\C/C=C\C/C=C\C/C=C\C/C=C\C/C=C\C/C=C\C/C=C\C/C=C\CCCCCCC(=O)NC(COP(=O)(O)OCC[N+](C)(C)C)C(O)CCCCCCCCCCCCCCCCCCCCCCCC. The number of hydrogen-bond donors (Lipinski definition) is 3. The lowest BCUT2D eigenvalue weighted by Crippen LogP contribution is -2.46. The molecule has 0 aromatic heterocycles. The standard InChI is InChI=1S/C76H131N2O6P/c1-6-8-10-12-14-16-18-20-22-24-26-28-30-31-32-33-34-35-36-37-38-39-40-41-42-43-44-45-46-47-48-50-52-54-56-58-60-62-64-66-68-70-76(80)77-74(73-84-85(81,82)83-72-71-78(3,4)5)75(79)69-67-65-63-61-59-57-55-53-51-49-29-27-25-23-21-19-17-15-13-11-9-7-2/h8,10,14,16,20,22,26,28,31-32,34-35,37-38,40-41,43-44,46-47,50,52,56,58,74-75,79H,6-7,9,11-13,15,17-19,21,23-25,27,29-30,33,36,39,42,45,48-49,51,53-55,57,59-73H2,1-5H3,(H-,77,80,81,82)/p+1/b10-8-,16-14-,22-20-,28-26-,32-31-,35-34-,38-37-,41-40-,44-43-,47-46-,52-50-,58-56-. The molecule has 0 aliphatic rings. The number of phosphoric acid groups is 1. The number of aliphatic hydroxyl groups is 1. The number of nitrogens with zero attached hydrogens (tertiary/aromatic N) is 1. The van der Waals surface area contributed by atoms with E-state index in [1.807, 2.05) is 21.1 Å². The first-order valence-electron chi connectivity index (χ1n) is 34.7. The number of rotatable bonds is 62. The lowest BCUT2D eigenvalue weighted by Gasteiger charge is -2.26. The minimum atomic E-state index is -4.35. The Bertz CT molecular complexity index is 1900. The van der Waals surface area contributed by atoms with Crippen molar-refractivity contribution >= 4 is 13.7 Å². The van der Waals surface area contributed by atoms with E-state index in [1.165, 1.54) is 122 Å². The topological polar surface area (TPSA) is 105 Å². The number of likely N-dealkylation sites (N-methyl/N-ethyl adjacent to an activating group) is 1. The van der Waals surface area contributed by atoms with Gasteiger partial charge in [0.15, 0.2) is 0 Å². The van der Waals surface area contributed by atoms with Gasteiger partial charge in [-0.2, -0.15) is 0 Å². The van der Waals surface area contributed by atoms with E-state index in [0.29, 0.717) is 23.9 Å². The van der Waals surface area contributed by atoms with Crippen LogP contribution in [0.4, 0.5) is 0 Å². The van der Waals surface area contributed by atoms with Gasteiger partial charge in [0.2, 0.25) is 5.91 Å². The van der Waals surface area contributed by atoms with Crippen LogP contribution in [0.1, 0.15) is 277 Å². The van der Waals surface area contributed by atoms with Crippen LogP contribution in [0.15, 0.2) is 146 Å². The molecule has 85 heavy (non-hydrogen) atoms. The second-order valence-corrected chi connectivity index (χ2v) is 25.6. The van der Waals surface area contributed by atoms with Crippen LogP contribution in [0, 0.1) is 0 Å². The Morgan fingerprint density at radius 2 is 0.706 bits per heavy atom. The van der Waals surface area contributed by atoms with Gasteiger partial charge in [-0.15, -0.1) is 0 Å². The molecular weight excluding hydrogens is 1070 g/mol. The average molecular weight is 1200 g/mol. The number of carbonyl (C=O) groups excluding carboxylic acids is 1. The largest absolute Gasteiger partial charge is 0.472 e. The lowest BCUT2D eigenvalue weighted by atomic mass is 10.0. The van der Waals surface area contributed by atoms with Crippen LogP contribution in [-0.2, 0) is 18.4 Å². The van der Waals surface area contributed by atoms with Gasteiger partial charge in [0.25, 0.3) is 0 Å². The first-order valence-corrected chi connectivity index (χ1v) is 36.2. The maximum atomic E-state index is 13.1. The van der Waals surface area contributed by atoms with E-state index < -0.39 is 20.0 Å². The molecule has 0 spiro atoms. The molecule has 0 radical (unpaired) electrons. The summed E-state index contributed by atoms with van der Waals surface area (Å²) in [6.45, 7) is 4.76. The van der Waals surface area contributed by atoms with E-state index in [2.05, 4.69) is 165 Å². The molecule has 8 nitrogen and oxygen atoms in total. The second kappa shape index (κ2) is 64.8. The van der Waals surface area contributed by atoms with Gasteiger partial charge in [-0.1, -0.05) is 314 Å². The smallest absolute Gasteiger partial charge is 0.391 e. The van der Waals surface area contributed by atoms with E-state index >= 15 is 0 Å². The third kappa shape index (κ3) is 67.7. The maximum absolute atomic E-state index is 13.1. The fourth-order valence-corrected chi connectivity index (χ4v) is 10.2. The van der Waals surface area contributed by atoms with Crippen molar-refractivity contribution in [2.45, 2.75) is 289 Å². The Balaban J connectivity index is 4.17. The predicted octanol–water partition coefficient (Wildman–Crippen LogP) is 22.4. The molecule has 0 bridgehead atoms. The number of nitrogens with one attached hydrogen (secondary N) is 1. The summed E-state index contributed by atoms with van der Waals surface area (Å²) in [7, 11) is 1.58. The van der Waals surface area contributed by atoms with Gasteiger partial charge in [0.1, 0.15) is 13.2 Å². The van der Waals surface area contributed by atoms with Crippen molar-refractivity contribution in [1.29, 1.82) is 0 Å². The molecule has 3 unspecified atom stereocenters. The number of carbonyl (C=O) groups is 1. The molecule has 9 heteroatoms. The summed E-state index contributed by atoms with van der Waals surface area (Å²) in [5.74, 6) is -0.172. The highest BCUT2D eigenvalue weighted by Gasteiger charge is 2.28. The van der Waals surface area contributed by atoms with Gasteiger partial charge < -0.3 is 19.8 Å². The number of unbranched alkanes of at least 4 members (excludes halogenated alkanes) is 25. The molecule has 0 fully saturated rings. The summed E-state index contributed by atoms with van der Waals surface area (Å²) in [5.41, 5.74) is 0. The highest BCUT2D eigenvalue weighted by Crippen LogP contribution is 2.43. The van der Waals surface area contributed by atoms with Crippen LogP contribution in [0.3, 0.4) is 0 Å². The van der Waals surface area contributed by atoms with Crippen molar-refractivity contribution in [3.63, 3.8) is 0 Å². The highest BCUT2D eigenvalue weighted by molar-refractivity contribution is 7.47. The molecule has 1 amide bonds. The number of hydrogen-bond acceptors (Lipinski definition) is 5. The van der Waals surface area contributed by atoms with Crippen LogP contribution < -0.4 is 5.32 Å². The highest BCUT2D eigenvalue weighted by atomic mass is 31.2. The normalized spacial score (nSPS) is 14.6. The zero-order valence-corrected chi connectivity index (χ0v) is 56.4. The first-order chi connectivity index (χ1) is 41.5. The van der Waals surface area contributed by atoms with Crippen LogP contribution >= 0.6 is 7.82 Å². The van der Waals surface area contributed by atoms with Gasteiger partial charge >= 0.3 is 7.82 Å². The van der Waals surface area contributed by atoms with Crippen LogP contribution in [0.25, 0.3) is 0 Å². The zero-order valence-electron chi connectivity index (χ0n) is 55.5. The van der Waals surface area contributed by atoms with Crippen molar-refractivity contribution < 1.29 is 32.9 Å². The Kier molecular flexibility index (Phi) is 62.1. The molecule has 0 heterocycles. The van der Waals surface area contributed by atoms with Gasteiger partial charge in [-0.3, -0.25) is 13.8 Å². The summed E-state index contributed by atoms with van der Waals surface area (Å²) in [4.78, 5) is 23.4. The second-order valence-electron chi connectivity index (χ2n) is 24.2. The van der Waals surface area contributed by atoms with E-state index in [4.69, 9.17) is 9.05 Å². The minimum Gasteiger partial charge on any atom is -0.391 e. The maximum Gasteiger partial charge on any atom is 0.472 e. The van der Waals surface area contributed by atoms with Gasteiger partial charge in [-0.05, 0) is 103 Å². The molecule has 0 aromatic rings. The molecule has 0 aliphatic carbocycles. The molecule has 3 N–H and O–H groups in total. The van der Waals surface area contributed by atoms with Crippen molar-refractivity contribution in [3.05, 3.63) is 146 Å². The summed E-state index contributed by atoms with van der Waals surface area (Å²) in [5, 5.41) is 14.1. The van der Waals surface area contributed by atoms with Crippen LogP contribution in [-0.4, -0.2) is 73.4 Å². The third-order valence-electron chi connectivity index (χ3n) is 14.9. The van der Waals surface area contributed by atoms with Crippen LogP contribution in [0.2, 0.25) is 0 Å². The molecule has 486 valence electrons. The molecule has 0 aromatic carbocycles. The molecule has 0 aliphatic heterocycles. The van der Waals surface area contributed by atoms with Crippen molar-refractivity contribution in [2.75, 3.05) is 40.9 Å². The molecule has 0 saturated heterocycles. The monoisotopic (exact) mass is 1200 g/mol. The minimum absolute atomic E-state index is 0.0624. The fraction of sp³-hybridized carbons (Fsp3) is 0.671. The van der Waals surface area contributed by atoms with E-state index in [9.17, 15) is 19.4 Å². The fourth-order valence-electron chi connectivity index (χ4n) is 9.50. The van der Waals surface area contributed by atoms with Gasteiger partial charge in [0, 0.05) is 6.42 Å². The van der Waals surface area contributed by atoms with E-state index in [1.54, 1.807) is 0 Å². The number of quaternary nitrogens is 1. The summed E-state index contributed by atoms with van der Waals surface area (Å²) in [6.07, 6.45) is 99.4. The molecule has 0 saturated carbocycles. The van der Waals surface area contributed by atoms with Crippen molar-refractivity contribution in [2.24, 2.45) is 0 Å². The van der Waals surface area contributed by atoms with Crippen LogP contribution in [0.5, 0.6) is 0 Å². The zero-order chi connectivity index (χ0) is 61.9. The Morgan fingerprint density at radius 3 is 1.04 bits per heavy atom. The number of phosphoric ester groups is 1. The predicted molar refractivity (Wildman–Crippen MR) is 373 cm³/mol. The quantitative estimate of drug-likeness (QED) is 0.0243. The first kappa shape index (κ1) is 81.4. The summed E-state index contributed by atoms with van der Waals surface area (Å²) in [6, 6.07) is -0.786. The summed E-state index contributed by atoms with van der Waals surface area (Å²) < 4.78 is 23.8. The van der Waals surface area contributed by atoms with Gasteiger partial charge in [-0.25, -0.2) is 4.57 Å². The molecule has 0 rings (SSSR count). The molecular formula is C76H132N2O6P+. The average Bonchev–Trinajstić information content (AvgIpc) is 3.48. The van der Waals surface area contributed by atoms with Crippen molar-refractivity contribution in [1.82, 2.24) is 5.32 Å². The molecule has 3 atom stereocenters. The van der Waals surface area contributed by atoms with Crippen molar-refractivity contribution in [3.8, 4) is 0 Å². The van der Waals surface area contributed by atoms with E-state index in [0.717, 1.165) is 128 Å². The number of allylic oxidation sites excluding steroid dienone is 24. The van der Waals surface area contributed by atoms with E-state index in [-0.39, 0.29) is 19.1 Å². The summed E-state index contributed by atoms with van der Waals surface area (Å²) >= 11 is 0. The third-order valence-corrected chi connectivity index (χ3v) is 15.8. The Labute approximate surface area is 525 Å². The van der Waals surface area contributed by atoms with Gasteiger partial charge in [0.05, 0.1) is 39.9 Å². The number of amides is 1. The Hall–Kier alpha value is -3.62. The Morgan fingerprint density at radius 1 is 0.412 bits per heavy atom.